The van der Waals surface area contributed by atoms with Crippen LogP contribution in [0.25, 0.3) is 0 Å². The zero-order chi connectivity index (χ0) is 15.2. The third-order valence-electron chi connectivity index (χ3n) is 3.32. The Balaban J connectivity index is 2.67. The van der Waals surface area contributed by atoms with Crippen LogP contribution in [0.1, 0.15) is 32.8 Å². The lowest BCUT2D eigenvalue weighted by Gasteiger charge is -2.12. The molecule has 0 spiro atoms. The first-order valence-electron chi connectivity index (χ1n) is 7.11. The Morgan fingerprint density at radius 1 is 1.10 bits per heavy atom. The molecule has 0 fully saturated rings. The highest BCUT2D eigenvalue weighted by atomic mass is 32.2. The number of sulfonamides is 1. The summed E-state index contributed by atoms with van der Waals surface area (Å²) in [6.45, 7) is 6.68. The molecule has 0 aliphatic heterocycles. The van der Waals surface area contributed by atoms with Gasteiger partial charge in [0.05, 0.1) is 4.90 Å². The maximum atomic E-state index is 12.1. The molecule has 1 unspecified atom stereocenters. The molecule has 0 saturated heterocycles. The second kappa shape index (κ2) is 7.76. The van der Waals surface area contributed by atoms with Gasteiger partial charge in [-0.05, 0) is 50.4 Å². The molecule has 5 heteroatoms. The highest BCUT2D eigenvalue weighted by molar-refractivity contribution is 7.89. The molecule has 1 atom stereocenters. The minimum absolute atomic E-state index is 0.107. The first kappa shape index (κ1) is 17.1. The fourth-order valence-electron chi connectivity index (χ4n) is 1.71. The Kier molecular flexibility index (Phi) is 6.65. The fraction of sp³-hybridized carbons (Fsp3) is 0.600. The lowest BCUT2D eigenvalue weighted by atomic mass is 10.0. The van der Waals surface area contributed by atoms with Gasteiger partial charge in [-0.15, -0.1) is 0 Å². The Hall–Kier alpha value is -0.910. The second-order valence-electron chi connectivity index (χ2n) is 5.62. The summed E-state index contributed by atoms with van der Waals surface area (Å²) in [5.41, 5.74) is 1.18. The van der Waals surface area contributed by atoms with Crippen LogP contribution < -0.4 is 10.0 Å². The third kappa shape index (κ3) is 5.61. The highest BCUT2D eigenvalue weighted by Crippen LogP contribution is 2.13. The fourth-order valence-corrected chi connectivity index (χ4v) is 2.84. The predicted molar refractivity (Wildman–Crippen MR) is 83.3 cm³/mol. The molecular weight excluding hydrogens is 272 g/mol. The molecule has 1 aromatic rings. The SMILES string of the molecule is CNC(C)CNS(=O)(=O)c1ccc(CCC(C)C)cc1. The van der Waals surface area contributed by atoms with E-state index in [1.54, 1.807) is 12.1 Å². The summed E-state index contributed by atoms with van der Waals surface area (Å²) in [6.07, 6.45) is 2.10. The number of likely N-dealkylation sites (N-methyl/N-ethyl adjacent to an activating group) is 1. The number of aryl methyl sites for hydroxylation is 1. The van der Waals surface area contributed by atoms with E-state index in [4.69, 9.17) is 0 Å². The van der Waals surface area contributed by atoms with E-state index in [1.807, 2.05) is 26.1 Å². The molecular formula is C15H26N2O2S. The van der Waals surface area contributed by atoms with Crippen molar-refractivity contribution in [2.75, 3.05) is 13.6 Å². The molecule has 114 valence electrons. The normalized spacial score (nSPS) is 13.7. The van der Waals surface area contributed by atoms with Gasteiger partial charge < -0.3 is 5.32 Å². The summed E-state index contributed by atoms with van der Waals surface area (Å²) in [5, 5.41) is 3.00. The molecule has 0 bridgehead atoms. The number of hydrogen-bond donors (Lipinski definition) is 2. The molecule has 20 heavy (non-hydrogen) atoms. The first-order chi connectivity index (χ1) is 9.35. The van der Waals surface area contributed by atoms with Gasteiger partial charge in [-0.1, -0.05) is 26.0 Å². The topological polar surface area (TPSA) is 58.2 Å². The Morgan fingerprint density at radius 2 is 1.70 bits per heavy atom. The molecule has 0 aromatic heterocycles. The molecule has 0 saturated carbocycles. The molecule has 2 N–H and O–H groups in total. The van der Waals surface area contributed by atoms with Crippen LogP contribution in [0.3, 0.4) is 0 Å². The Bertz CT molecular complexity index is 495. The van der Waals surface area contributed by atoms with Crippen LogP contribution in [0.5, 0.6) is 0 Å². The van der Waals surface area contributed by atoms with Gasteiger partial charge in [0, 0.05) is 12.6 Å². The van der Waals surface area contributed by atoms with Crippen LogP contribution in [0.4, 0.5) is 0 Å². The quantitative estimate of drug-likeness (QED) is 0.773. The van der Waals surface area contributed by atoms with Crippen molar-refractivity contribution in [3.8, 4) is 0 Å². The number of rotatable bonds is 8. The van der Waals surface area contributed by atoms with Crippen molar-refractivity contribution < 1.29 is 8.42 Å². The van der Waals surface area contributed by atoms with Gasteiger partial charge in [-0.25, -0.2) is 13.1 Å². The minimum atomic E-state index is -3.40. The van der Waals surface area contributed by atoms with E-state index < -0.39 is 10.0 Å². The van der Waals surface area contributed by atoms with Crippen LogP contribution in [0.15, 0.2) is 29.2 Å². The zero-order valence-corrected chi connectivity index (χ0v) is 13.6. The largest absolute Gasteiger partial charge is 0.316 e. The summed E-state index contributed by atoms with van der Waals surface area (Å²) in [7, 11) is -1.60. The maximum absolute atomic E-state index is 12.1. The van der Waals surface area contributed by atoms with E-state index in [0.29, 0.717) is 17.4 Å². The lowest BCUT2D eigenvalue weighted by molar-refractivity contribution is 0.554. The standard InChI is InChI=1S/C15H26N2O2S/c1-12(2)5-6-14-7-9-15(10-8-14)20(18,19)17-11-13(3)16-4/h7-10,12-13,16-17H,5-6,11H2,1-4H3. The van der Waals surface area contributed by atoms with Crippen molar-refractivity contribution in [3.05, 3.63) is 29.8 Å². The van der Waals surface area contributed by atoms with Crippen LogP contribution in [-0.4, -0.2) is 28.1 Å². The average Bonchev–Trinajstić information content (AvgIpc) is 2.43. The van der Waals surface area contributed by atoms with E-state index >= 15 is 0 Å². The predicted octanol–water partition coefficient (Wildman–Crippen LogP) is 2.16. The van der Waals surface area contributed by atoms with Crippen molar-refractivity contribution >= 4 is 10.0 Å². The van der Waals surface area contributed by atoms with Crippen molar-refractivity contribution in [2.24, 2.45) is 5.92 Å². The first-order valence-corrected chi connectivity index (χ1v) is 8.59. The smallest absolute Gasteiger partial charge is 0.240 e. The van der Waals surface area contributed by atoms with Gasteiger partial charge >= 0.3 is 0 Å². The Labute approximate surface area is 123 Å². The molecule has 1 rings (SSSR count). The zero-order valence-electron chi connectivity index (χ0n) is 12.8. The number of nitrogens with one attached hydrogen (secondary N) is 2. The monoisotopic (exact) mass is 298 g/mol. The molecule has 4 nitrogen and oxygen atoms in total. The van der Waals surface area contributed by atoms with Gasteiger partial charge in [0.15, 0.2) is 0 Å². The molecule has 1 aromatic carbocycles. The summed E-state index contributed by atoms with van der Waals surface area (Å²) >= 11 is 0. The third-order valence-corrected chi connectivity index (χ3v) is 4.76. The number of benzene rings is 1. The molecule has 0 radical (unpaired) electrons. The van der Waals surface area contributed by atoms with E-state index in [-0.39, 0.29) is 6.04 Å². The number of hydrogen-bond acceptors (Lipinski definition) is 3. The molecule has 0 aliphatic carbocycles. The van der Waals surface area contributed by atoms with Gasteiger partial charge in [-0.3, -0.25) is 0 Å². The summed E-state index contributed by atoms with van der Waals surface area (Å²) < 4.78 is 26.8. The van der Waals surface area contributed by atoms with E-state index in [0.717, 1.165) is 12.8 Å². The van der Waals surface area contributed by atoms with Gasteiger partial charge in [0.25, 0.3) is 0 Å². The van der Waals surface area contributed by atoms with Crippen molar-refractivity contribution in [1.29, 1.82) is 0 Å². The average molecular weight is 298 g/mol. The summed E-state index contributed by atoms with van der Waals surface area (Å²) in [6, 6.07) is 7.27. The lowest BCUT2D eigenvalue weighted by Crippen LogP contribution is -2.37. The van der Waals surface area contributed by atoms with E-state index in [1.165, 1.54) is 5.56 Å². The van der Waals surface area contributed by atoms with Crippen molar-refractivity contribution in [2.45, 2.75) is 44.6 Å². The van der Waals surface area contributed by atoms with Gasteiger partial charge in [-0.2, -0.15) is 0 Å². The van der Waals surface area contributed by atoms with Crippen LogP contribution in [-0.2, 0) is 16.4 Å². The highest BCUT2D eigenvalue weighted by Gasteiger charge is 2.14. The molecule has 0 heterocycles. The summed E-state index contributed by atoms with van der Waals surface area (Å²) in [5.74, 6) is 0.656. The van der Waals surface area contributed by atoms with E-state index in [2.05, 4.69) is 23.9 Å². The van der Waals surface area contributed by atoms with Crippen molar-refractivity contribution in [3.63, 3.8) is 0 Å². The minimum Gasteiger partial charge on any atom is -0.316 e. The van der Waals surface area contributed by atoms with Gasteiger partial charge in [0.2, 0.25) is 10.0 Å². The second-order valence-corrected chi connectivity index (χ2v) is 7.39. The maximum Gasteiger partial charge on any atom is 0.240 e. The summed E-state index contributed by atoms with van der Waals surface area (Å²) in [4.78, 5) is 0.328. The molecule has 0 amide bonds. The molecule has 0 aliphatic rings. The van der Waals surface area contributed by atoms with Gasteiger partial charge in [0.1, 0.15) is 0 Å². The Morgan fingerprint density at radius 3 is 2.20 bits per heavy atom. The van der Waals surface area contributed by atoms with E-state index in [9.17, 15) is 8.42 Å². The van der Waals surface area contributed by atoms with Crippen LogP contribution in [0, 0.1) is 5.92 Å². The van der Waals surface area contributed by atoms with Crippen LogP contribution in [0.2, 0.25) is 0 Å². The van der Waals surface area contributed by atoms with Crippen LogP contribution >= 0.6 is 0 Å². The van der Waals surface area contributed by atoms with Crippen molar-refractivity contribution in [1.82, 2.24) is 10.0 Å².